The van der Waals surface area contributed by atoms with Crippen LogP contribution in [0.4, 0.5) is 0 Å². The Labute approximate surface area is 311 Å². The predicted molar refractivity (Wildman–Crippen MR) is 207 cm³/mol. The molecular weight excluding hydrogens is 737 g/mol. The van der Waals surface area contributed by atoms with Crippen molar-refractivity contribution in [1.82, 2.24) is 31.5 Å². The summed E-state index contributed by atoms with van der Waals surface area (Å²) >= 11 is 10.0. The molecule has 0 amide bonds. The number of hydrogen-bond acceptors (Lipinski definition) is 8. The summed E-state index contributed by atoms with van der Waals surface area (Å²) in [5.41, 5.74) is 7.59. The van der Waals surface area contributed by atoms with E-state index >= 15 is 0 Å². The number of H-pyrrole nitrogens is 2. The molecule has 4 aromatic carbocycles. The number of nitrogens with zero attached hydrogens (tertiary/aromatic N) is 3. The summed E-state index contributed by atoms with van der Waals surface area (Å²) in [5, 5.41) is 34.5. The fourth-order valence-corrected chi connectivity index (χ4v) is 5.24. The fourth-order valence-electron chi connectivity index (χ4n) is 4.85. The van der Waals surface area contributed by atoms with Crippen LogP contribution in [-0.4, -0.2) is 56.0 Å². The van der Waals surface area contributed by atoms with Gasteiger partial charge < -0.3 is 25.8 Å². The van der Waals surface area contributed by atoms with Crippen LogP contribution >= 0.6 is 24.4 Å². The Morgan fingerprint density at radius 2 is 1.08 bits per heavy atom. The Balaban J connectivity index is 0.000000245. The summed E-state index contributed by atoms with van der Waals surface area (Å²) in [4.78, 5) is 38.8. The minimum absolute atomic E-state index is 0. The van der Waals surface area contributed by atoms with Crippen molar-refractivity contribution in [2.75, 3.05) is 13.1 Å². The van der Waals surface area contributed by atoms with Gasteiger partial charge in [0.1, 0.15) is 0 Å². The van der Waals surface area contributed by atoms with Gasteiger partial charge in [0.2, 0.25) is 0 Å². The molecule has 0 unspecified atom stereocenters. The van der Waals surface area contributed by atoms with Gasteiger partial charge in [-0.25, -0.2) is 0 Å². The van der Waals surface area contributed by atoms with Gasteiger partial charge >= 0.3 is 16.8 Å². The number of hydrogen-bond donors (Lipinski definition) is 7. The molecule has 262 valence electrons. The maximum Gasteiger partial charge on any atom is 3.00 e. The van der Waals surface area contributed by atoms with E-state index in [4.69, 9.17) is 39.8 Å². The van der Waals surface area contributed by atoms with E-state index in [0.717, 1.165) is 43.4 Å². The Kier molecular flexibility index (Phi) is 15.1. The number of benzene rings is 4. The van der Waals surface area contributed by atoms with Gasteiger partial charge in [0.25, 0.3) is 16.2 Å². The third-order valence-corrected chi connectivity index (χ3v) is 7.43. The molecule has 14 nitrogen and oxygen atoms in total. The summed E-state index contributed by atoms with van der Waals surface area (Å²) in [5.74, 6) is 0. The zero-order valence-corrected chi connectivity index (χ0v) is 29.9. The number of pyridine rings is 2. The number of rotatable bonds is 6. The topological polar surface area (TPSA) is 202 Å². The Morgan fingerprint density at radius 1 is 0.725 bits per heavy atom. The van der Waals surface area contributed by atoms with E-state index in [1.807, 2.05) is 98.8 Å². The molecule has 0 saturated heterocycles. The maximum absolute atomic E-state index is 12.3. The van der Waals surface area contributed by atoms with Gasteiger partial charge in [-0.2, -0.15) is 10.2 Å². The second-order valence-corrected chi connectivity index (χ2v) is 11.1. The first-order valence-corrected chi connectivity index (χ1v) is 16.0. The third kappa shape index (κ3) is 11.1. The van der Waals surface area contributed by atoms with Gasteiger partial charge in [0.15, 0.2) is 10.2 Å². The van der Waals surface area contributed by atoms with Crippen molar-refractivity contribution in [3.63, 3.8) is 0 Å². The first-order valence-electron chi connectivity index (χ1n) is 15.2. The van der Waals surface area contributed by atoms with E-state index in [1.54, 1.807) is 0 Å². The Morgan fingerprint density at radius 3 is 1.45 bits per heavy atom. The zero-order chi connectivity index (χ0) is 36.0. The van der Waals surface area contributed by atoms with E-state index < -0.39 is 5.09 Å². The predicted octanol–water partition coefficient (Wildman–Crippen LogP) is 4.65. The van der Waals surface area contributed by atoms with E-state index in [2.05, 4.69) is 41.7 Å². The number of thiocarbonyl (C=S) groups is 2. The van der Waals surface area contributed by atoms with Gasteiger partial charge in [0.05, 0.1) is 34.6 Å². The quantitative estimate of drug-likeness (QED) is 0.0409. The van der Waals surface area contributed by atoms with Crippen molar-refractivity contribution in [3.8, 4) is 0 Å². The summed E-state index contributed by atoms with van der Waals surface area (Å²) in [7, 11) is 0. The van der Waals surface area contributed by atoms with Crippen LogP contribution < -0.4 is 32.6 Å². The average Bonchev–Trinajstić information content (AvgIpc) is 3.09. The summed E-state index contributed by atoms with van der Waals surface area (Å²) in [6.07, 6.45) is 2.94. The molecule has 0 saturated carbocycles. The fraction of sp³-hybridized carbons (Fsp3) is 0.118. The van der Waals surface area contributed by atoms with Crippen LogP contribution in [0.2, 0.25) is 0 Å². The van der Waals surface area contributed by atoms with Gasteiger partial charge in [-0.1, -0.05) is 72.8 Å². The first kappa shape index (κ1) is 39.7. The average molecular weight is 771 g/mol. The molecule has 7 N–H and O–H groups in total. The summed E-state index contributed by atoms with van der Waals surface area (Å²) in [6, 6.07) is 27.6. The van der Waals surface area contributed by atoms with Crippen molar-refractivity contribution in [2.45, 2.75) is 13.8 Å². The second-order valence-electron chi connectivity index (χ2n) is 10.3. The van der Waals surface area contributed by atoms with E-state index in [1.165, 1.54) is 12.4 Å². The van der Waals surface area contributed by atoms with Crippen LogP contribution in [0.15, 0.2) is 105 Å². The minimum Gasteiger partial charge on any atom is -0.362 e. The Bertz CT molecular complexity index is 2200. The number of aromatic amines is 2. The van der Waals surface area contributed by atoms with Crippen molar-refractivity contribution in [2.24, 2.45) is 10.2 Å². The first-order chi connectivity index (χ1) is 24.1. The van der Waals surface area contributed by atoms with Crippen molar-refractivity contribution < 1.29 is 27.1 Å². The van der Waals surface area contributed by atoms with Crippen molar-refractivity contribution in [1.29, 1.82) is 0 Å². The van der Waals surface area contributed by atoms with Gasteiger partial charge in [-0.05, 0) is 72.0 Å². The smallest absolute Gasteiger partial charge is 0.362 e. The van der Waals surface area contributed by atoms with Gasteiger partial charge in [0, 0.05) is 23.9 Å². The molecule has 0 aliphatic heterocycles. The molecule has 51 heavy (non-hydrogen) atoms. The third-order valence-electron chi connectivity index (χ3n) is 6.96. The van der Waals surface area contributed by atoms with Crippen LogP contribution in [0.25, 0.3) is 43.4 Å². The molecular formula is C34H33CoN9O5S2+3. The van der Waals surface area contributed by atoms with Crippen LogP contribution in [0.3, 0.4) is 0 Å². The molecule has 0 aliphatic rings. The maximum atomic E-state index is 12.3. The van der Waals surface area contributed by atoms with E-state index in [-0.39, 0.29) is 27.9 Å². The normalized spacial score (nSPS) is 10.5. The Hall–Kier alpha value is -5.75. The molecule has 17 heteroatoms. The van der Waals surface area contributed by atoms with Crippen molar-refractivity contribution >= 4 is 90.4 Å². The SMILES string of the molecule is CCNC(=S)N/N=C/c1cc2ccc3ccccc3c2[nH]c1=O.CCNC(=S)N/N=C/c1cc2ccc3ccccc3c2[nH]c1=O.O=[N+]([O-])O.[Co+3]. The summed E-state index contributed by atoms with van der Waals surface area (Å²) < 4.78 is 0. The molecule has 0 bridgehead atoms. The van der Waals surface area contributed by atoms with E-state index in [9.17, 15) is 9.59 Å². The van der Waals surface area contributed by atoms with E-state index in [0.29, 0.717) is 34.4 Å². The molecule has 6 rings (SSSR count). The second kappa shape index (κ2) is 19.4. The molecule has 0 atom stereocenters. The van der Waals surface area contributed by atoms with Crippen molar-refractivity contribution in [3.05, 3.63) is 127 Å². The van der Waals surface area contributed by atoms with Gasteiger partial charge in [-0.3, -0.25) is 20.4 Å². The van der Waals surface area contributed by atoms with Crippen LogP contribution in [0, 0.1) is 10.1 Å². The standard InChI is InChI=1S/2C17H16N4OS.Co.HNO3/c2*1-2-18-17(23)21-19-10-13-9-12-8-7-11-5-3-4-6-14(11)15(12)20-16(13)22;;2-1(3)4/h2*3-10H,2H2,1H3,(H,20,22)(H2,18,21,23);;(H,2,3,4)/q;;+3;/b2*19-10+;;. The molecule has 6 aromatic rings. The molecule has 2 heterocycles. The molecule has 0 spiro atoms. The molecule has 2 aromatic heterocycles. The molecule has 0 fully saturated rings. The van der Waals surface area contributed by atoms with Crippen LogP contribution in [0.1, 0.15) is 25.0 Å². The number of fused-ring (bicyclic) bond motifs is 6. The van der Waals surface area contributed by atoms with Crippen LogP contribution in [-0.2, 0) is 16.8 Å². The zero-order valence-electron chi connectivity index (χ0n) is 27.2. The number of aromatic nitrogens is 2. The largest absolute Gasteiger partial charge is 3.00 e. The number of hydrazone groups is 2. The van der Waals surface area contributed by atoms with Crippen LogP contribution in [0.5, 0.6) is 0 Å². The minimum atomic E-state index is -1.50. The number of nitrogens with one attached hydrogen (secondary N) is 6. The summed E-state index contributed by atoms with van der Waals surface area (Å²) in [6.45, 7) is 5.31. The molecule has 0 aliphatic carbocycles. The monoisotopic (exact) mass is 770 g/mol. The van der Waals surface area contributed by atoms with Gasteiger partial charge in [-0.15, -0.1) is 10.1 Å². The molecule has 0 radical (unpaired) electrons.